The Bertz CT molecular complexity index is 1060. The van der Waals surface area contributed by atoms with Gasteiger partial charge in [-0.05, 0) is 50.8 Å². The number of halogens is 1. The molecule has 1 aromatic rings. The number of hydrogen-bond acceptors (Lipinski definition) is 7. The highest BCUT2D eigenvalue weighted by Gasteiger charge is 2.30. The number of nitrogens with one attached hydrogen (secondary N) is 2. The number of anilines is 4. The van der Waals surface area contributed by atoms with Crippen LogP contribution in [-0.2, 0) is 0 Å². The van der Waals surface area contributed by atoms with Gasteiger partial charge in [0.1, 0.15) is 0 Å². The van der Waals surface area contributed by atoms with Gasteiger partial charge in [-0.1, -0.05) is 38.3 Å². The van der Waals surface area contributed by atoms with Crippen LogP contribution in [0.15, 0.2) is 18.2 Å². The quantitative estimate of drug-likeness (QED) is 0.379. The molecule has 0 bridgehead atoms. The van der Waals surface area contributed by atoms with Crippen molar-refractivity contribution >= 4 is 34.7 Å². The average molecular weight is 457 g/mol. The lowest BCUT2D eigenvalue weighted by molar-refractivity contribution is 0.400. The fourth-order valence-corrected chi connectivity index (χ4v) is 4.54. The van der Waals surface area contributed by atoms with Crippen LogP contribution in [0, 0.1) is 0 Å². The molecule has 32 heavy (non-hydrogen) atoms. The second-order valence-electron chi connectivity index (χ2n) is 9.25. The van der Waals surface area contributed by atoms with Crippen LogP contribution >= 0.6 is 11.6 Å². The summed E-state index contributed by atoms with van der Waals surface area (Å²) in [6, 6.07) is 5.89. The molecule has 1 aromatic carbocycles. The maximum atomic E-state index is 6.45. The van der Waals surface area contributed by atoms with E-state index >= 15 is 0 Å². The molecule has 1 aliphatic carbocycles. The highest BCUT2D eigenvalue weighted by molar-refractivity contribution is 6.33. The summed E-state index contributed by atoms with van der Waals surface area (Å²) in [5.74, 6) is 1.62. The van der Waals surface area contributed by atoms with Crippen molar-refractivity contribution in [2.75, 3.05) is 16.4 Å². The largest absolute Gasteiger partial charge is 0.398 e. The predicted molar refractivity (Wildman–Crippen MR) is 132 cm³/mol. The van der Waals surface area contributed by atoms with E-state index in [-0.39, 0.29) is 24.0 Å². The molecular weight excluding hydrogens is 424 g/mol. The van der Waals surface area contributed by atoms with Gasteiger partial charge in [-0.15, -0.1) is 5.10 Å². The van der Waals surface area contributed by atoms with Gasteiger partial charge in [0.15, 0.2) is 11.5 Å². The first-order chi connectivity index (χ1) is 15.3. The number of rotatable bonds is 6. The van der Waals surface area contributed by atoms with E-state index < -0.39 is 0 Å². The molecule has 0 spiro atoms. The Kier molecular flexibility index (Phi) is 6.44. The van der Waals surface area contributed by atoms with Crippen LogP contribution in [0.2, 0.25) is 5.02 Å². The van der Waals surface area contributed by atoms with E-state index in [1.165, 1.54) is 12.8 Å². The Balaban J connectivity index is 1.84. The van der Waals surface area contributed by atoms with Crippen LogP contribution in [0.1, 0.15) is 71.0 Å². The molecule has 0 amide bonds. The maximum Gasteiger partial charge on any atom is 0.205 e. The molecular formula is C23H33ClN8. The van der Waals surface area contributed by atoms with Gasteiger partial charge in [-0.25, -0.2) is 0 Å². The molecule has 9 heteroatoms. The molecule has 6 N–H and O–H groups in total. The fraction of sp³-hybridized carbons (Fsp3) is 0.522. The predicted octanol–water partition coefficient (Wildman–Crippen LogP) is 5.14. The molecule has 0 radical (unpaired) electrons. The van der Waals surface area contributed by atoms with E-state index in [4.69, 9.17) is 28.1 Å². The number of nitrogens with zero attached hydrogens (tertiary/aromatic N) is 4. The van der Waals surface area contributed by atoms with E-state index in [2.05, 4.69) is 53.1 Å². The van der Waals surface area contributed by atoms with Crippen LogP contribution in [0.3, 0.4) is 0 Å². The SMILES string of the molecule is CC(C)c1nnc2c(Nc3ccc(N)c(Cl)c3)nc(NC3CCCCC3N)n(C(C)C)c1-2. The zero-order valence-electron chi connectivity index (χ0n) is 19.2. The average Bonchev–Trinajstić information content (AvgIpc) is 3.17. The van der Waals surface area contributed by atoms with E-state index in [0.29, 0.717) is 16.5 Å². The summed E-state index contributed by atoms with van der Waals surface area (Å²) in [7, 11) is 0. The van der Waals surface area contributed by atoms with E-state index in [1.807, 2.05) is 6.07 Å². The molecule has 2 aliphatic heterocycles. The summed E-state index contributed by atoms with van der Waals surface area (Å²) < 4.78 is 2.20. The fourth-order valence-electron chi connectivity index (χ4n) is 4.36. The van der Waals surface area contributed by atoms with Crippen molar-refractivity contribution in [1.29, 1.82) is 0 Å². The molecule has 1 fully saturated rings. The van der Waals surface area contributed by atoms with Crippen LogP contribution in [0.5, 0.6) is 0 Å². The summed E-state index contributed by atoms with van der Waals surface area (Å²) in [5.41, 5.74) is 16.3. The second kappa shape index (κ2) is 9.11. The third kappa shape index (κ3) is 4.34. The summed E-state index contributed by atoms with van der Waals surface area (Å²) >= 11 is 6.24. The summed E-state index contributed by atoms with van der Waals surface area (Å²) in [4.78, 5) is 4.98. The molecule has 2 unspecified atom stereocenters. The van der Waals surface area contributed by atoms with Gasteiger partial charge in [0.05, 0.1) is 22.1 Å². The molecule has 172 valence electrons. The highest BCUT2D eigenvalue weighted by atomic mass is 35.5. The third-order valence-electron chi connectivity index (χ3n) is 6.10. The minimum Gasteiger partial charge on any atom is -0.398 e. The van der Waals surface area contributed by atoms with Gasteiger partial charge in [-0.3, -0.25) is 0 Å². The number of hydrogen-bond donors (Lipinski definition) is 4. The lowest BCUT2D eigenvalue weighted by Crippen LogP contribution is -2.43. The molecule has 3 aliphatic rings. The minimum atomic E-state index is 0.106. The monoisotopic (exact) mass is 456 g/mol. The number of aromatic nitrogens is 4. The Morgan fingerprint density at radius 1 is 1.12 bits per heavy atom. The number of nitrogen functional groups attached to an aromatic ring is 1. The number of fused-ring (bicyclic) bond motifs is 1. The lowest BCUT2D eigenvalue weighted by atomic mass is 9.91. The minimum absolute atomic E-state index is 0.106. The van der Waals surface area contributed by atoms with Gasteiger partial charge < -0.3 is 26.7 Å². The van der Waals surface area contributed by atoms with Gasteiger partial charge in [0.2, 0.25) is 5.95 Å². The summed E-state index contributed by atoms with van der Waals surface area (Å²) in [5, 5.41) is 16.6. The summed E-state index contributed by atoms with van der Waals surface area (Å²) in [6.07, 6.45) is 4.40. The van der Waals surface area contributed by atoms with Crippen molar-refractivity contribution < 1.29 is 0 Å². The van der Waals surface area contributed by atoms with Gasteiger partial charge in [-0.2, -0.15) is 10.1 Å². The maximum absolute atomic E-state index is 6.45. The van der Waals surface area contributed by atoms with Crippen molar-refractivity contribution in [3.8, 4) is 11.4 Å². The van der Waals surface area contributed by atoms with Crippen molar-refractivity contribution in [3.05, 3.63) is 28.9 Å². The molecule has 2 atom stereocenters. The molecule has 1 saturated carbocycles. The first-order valence-corrected chi connectivity index (χ1v) is 11.8. The van der Waals surface area contributed by atoms with E-state index in [0.717, 1.165) is 41.6 Å². The molecule has 0 saturated heterocycles. The zero-order valence-corrected chi connectivity index (χ0v) is 19.9. The van der Waals surface area contributed by atoms with Crippen LogP contribution in [-0.4, -0.2) is 31.8 Å². The van der Waals surface area contributed by atoms with Crippen LogP contribution < -0.4 is 22.1 Å². The number of nitrogens with two attached hydrogens (primary N) is 2. The van der Waals surface area contributed by atoms with Crippen LogP contribution in [0.25, 0.3) is 11.4 Å². The van der Waals surface area contributed by atoms with Crippen molar-refractivity contribution in [2.24, 2.45) is 5.73 Å². The zero-order chi connectivity index (χ0) is 23.0. The van der Waals surface area contributed by atoms with Gasteiger partial charge in [0, 0.05) is 23.8 Å². The first kappa shape index (κ1) is 22.6. The third-order valence-corrected chi connectivity index (χ3v) is 6.42. The first-order valence-electron chi connectivity index (χ1n) is 11.4. The van der Waals surface area contributed by atoms with Crippen molar-refractivity contribution in [3.63, 3.8) is 0 Å². The number of benzene rings is 1. The van der Waals surface area contributed by atoms with Gasteiger partial charge in [0.25, 0.3) is 0 Å². The van der Waals surface area contributed by atoms with Crippen molar-refractivity contribution in [1.82, 2.24) is 19.7 Å². The van der Waals surface area contributed by atoms with E-state index in [1.54, 1.807) is 12.1 Å². The Morgan fingerprint density at radius 2 is 1.88 bits per heavy atom. The van der Waals surface area contributed by atoms with E-state index in [9.17, 15) is 0 Å². The Morgan fingerprint density at radius 3 is 2.53 bits per heavy atom. The molecule has 0 aromatic heterocycles. The highest BCUT2D eigenvalue weighted by Crippen LogP contribution is 2.39. The Hall–Kier alpha value is -2.58. The standard InChI is InChI=1S/C23H33ClN8/c1-12(2)19-21-20(31-30-19)22(27-14-9-10-16(25)15(24)11-14)29-23(32(21)13(3)4)28-18-8-6-5-7-17(18)26/h9-13,17-18,27H,5-8,25-26H2,1-4H3,(H,28,29). The second-order valence-corrected chi connectivity index (χ2v) is 9.65. The normalized spacial score (nSPS) is 19.1. The molecule has 2 heterocycles. The topological polar surface area (TPSA) is 120 Å². The lowest BCUT2D eigenvalue weighted by Gasteiger charge is -2.32. The molecule has 4 rings (SSSR count). The van der Waals surface area contributed by atoms with Crippen molar-refractivity contribution in [2.45, 2.75) is 77.4 Å². The van der Waals surface area contributed by atoms with Gasteiger partial charge >= 0.3 is 0 Å². The summed E-state index contributed by atoms with van der Waals surface area (Å²) in [6.45, 7) is 8.56. The van der Waals surface area contributed by atoms with Crippen LogP contribution in [0.4, 0.5) is 23.1 Å². The Labute approximate surface area is 194 Å². The smallest absolute Gasteiger partial charge is 0.205 e. The molecule has 8 nitrogen and oxygen atoms in total.